The number of rotatable bonds is 6. The number of anilines is 2. The van der Waals surface area contributed by atoms with E-state index in [0.29, 0.717) is 26.4 Å². The summed E-state index contributed by atoms with van der Waals surface area (Å²) in [4.78, 5) is 22.3. The van der Waals surface area contributed by atoms with Crippen LogP contribution in [0, 0.1) is 22.7 Å². The van der Waals surface area contributed by atoms with Crippen LogP contribution in [0.15, 0.2) is 52.2 Å². The highest BCUT2D eigenvalue weighted by Crippen LogP contribution is 2.39. The number of nitrogen functional groups attached to an aromatic ring is 1. The molecule has 11 heteroatoms. The van der Waals surface area contributed by atoms with Gasteiger partial charge in [0.25, 0.3) is 0 Å². The number of carbonyl (C=O) groups is 1. The van der Waals surface area contributed by atoms with Crippen molar-refractivity contribution in [2.24, 2.45) is 0 Å². The number of aromatic nitrogens is 2. The molecule has 0 aliphatic rings. The Kier molecular flexibility index (Phi) is 7.15. The number of benzene rings is 1. The third kappa shape index (κ3) is 4.76. The predicted molar refractivity (Wildman–Crippen MR) is 138 cm³/mol. The number of halogens is 1. The number of thioether (sulfide) groups is 1. The Hall–Kier alpha value is -3.41. The minimum absolute atomic E-state index is 0.0179. The first kappa shape index (κ1) is 23.7. The number of nitrogens with two attached hydrogens (primary N) is 1. The molecule has 168 valence electrons. The fourth-order valence-corrected chi connectivity index (χ4v) is 5.75. The normalized spacial score (nSPS) is 11.4. The fourth-order valence-electron chi connectivity index (χ4n) is 3.10. The van der Waals surface area contributed by atoms with Gasteiger partial charge in [-0.2, -0.15) is 10.5 Å². The van der Waals surface area contributed by atoms with E-state index in [0.717, 1.165) is 22.2 Å². The molecule has 34 heavy (non-hydrogen) atoms. The quantitative estimate of drug-likeness (QED) is 0.295. The van der Waals surface area contributed by atoms with Crippen molar-refractivity contribution in [1.29, 1.82) is 10.5 Å². The first-order valence-electron chi connectivity index (χ1n) is 9.78. The van der Waals surface area contributed by atoms with E-state index in [1.54, 1.807) is 13.0 Å². The van der Waals surface area contributed by atoms with Crippen LogP contribution in [0.2, 0.25) is 5.02 Å². The zero-order valence-corrected chi connectivity index (χ0v) is 20.8. The topological polar surface area (TPSA) is 128 Å². The van der Waals surface area contributed by atoms with Crippen LogP contribution in [0.4, 0.5) is 10.9 Å². The molecular formula is C23H15ClN6OS3. The number of nitriles is 2. The molecule has 0 bridgehead atoms. The molecule has 1 amide bonds. The standard InChI is InChI=1S/C23H15ClN6OS3/c1-12(21(31)30-23-28-17(11-33-23)13-5-2-3-6-16(13)24)34-22-15(10-26)19(18-7-4-8-32-18)14(9-25)20(27)29-22/h2-8,11-12H,1H3,(H2,27,29)(H,28,30,31). The molecule has 4 rings (SSSR count). The molecular weight excluding hydrogens is 508 g/mol. The summed E-state index contributed by atoms with van der Waals surface area (Å²) < 4.78 is 0. The lowest BCUT2D eigenvalue weighted by Crippen LogP contribution is -2.22. The van der Waals surface area contributed by atoms with Crippen molar-refractivity contribution in [3.8, 4) is 33.8 Å². The lowest BCUT2D eigenvalue weighted by atomic mass is 10.0. The second-order valence-electron chi connectivity index (χ2n) is 6.90. The number of thiazole rings is 1. The van der Waals surface area contributed by atoms with Crippen LogP contribution in [-0.2, 0) is 4.79 Å². The maximum absolute atomic E-state index is 12.9. The molecule has 3 aromatic heterocycles. The Balaban J connectivity index is 1.57. The van der Waals surface area contributed by atoms with E-state index >= 15 is 0 Å². The van der Waals surface area contributed by atoms with Gasteiger partial charge >= 0.3 is 0 Å². The van der Waals surface area contributed by atoms with E-state index in [4.69, 9.17) is 17.3 Å². The first-order chi connectivity index (χ1) is 16.4. The van der Waals surface area contributed by atoms with E-state index in [1.807, 2.05) is 47.2 Å². The van der Waals surface area contributed by atoms with Crippen LogP contribution in [0.3, 0.4) is 0 Å². The molecule has 7 nitrogen and oxygen atoms in total. The number of nitrogens with one attached hydrogen (secondary N) is 1. The van der Waals surface area contributed by atoms with Crippen LogP contribution in [0.25, 0.3) is 21.7 Å². The molecule has 4 aromatic rings. The van der Waals surface area contributed by atoms with Crippen LogP contribution in [-0.4, -0.2) is 21.1 Å². The van der Waals surface area contributed by atoms with E-state index in [-0.39, 0.29) is 22.9 Å². The monoisotopic (exact) mass is 522 g/mol. The maximum atomic E-state index is 12.9. The molecule has 0 saturated heterocycles. The zero-order chi connectivity index (χ0) is 24.2. The lowest BCUT2D eigenvalue weighted by molar-refractivity contribution is -0.115. The number of hydrogen-bond donors (Lipinski definition) is 2. The molecule has 0 saturated carbocycles. The fraction of sp³-hybridized carbons (Fsp3) is 0.0870. The minimum atomic E-state index is -0.615. The molecule has 0 fully saturated rings. The van der Waals surface area contributed by atoms with Gasteiger partial charge in [-0.3, -0.25) is 4.79 Å². The van der Waals surface area contributed by atoms with Crippen LogP contribution in [0.5, 0.6) is 0 Å². The number of nitrogens with zero attached hydrogens (tertiary/aromatic N) is 4. The molecule has 3 N–H and O–H groups in total. The van der Waals surface area contributed by atoms with Gasteiger partial charge in [-0.15, -0.1) is 22.7 Å². The average molecular weight is 523 g/mol. The largest absolute Gasteiger partial charge is 0.383 e. The molecule has 3 heterocycles. The van der Waals surface area contributed by atoms with Crippen molar-refractivity contribution in [3.05, 3.63) is 63.3 Å². The van der Waals surface area contributed by atoms with Gasteiger partial charge < -0.3 is 11.1 Å². The summed E-state index contributed by atoms with van der Waals surface area (Å²) in [5, 5.41) is 26.6. The van der Waals surface area contributed by atoms with Gasteiger partial charge in [0.1, 0.15) is 28.5 Å². The molecule has 0 radical (unpaired) electrons. The van der Waals surface area contributed by atoms with Crippen molar-refractivity contribution >= 4 is 62.9 Å². The molecule has 1 unspecified atom stereocenters. The number of carbonyl (C=O) groups excluding carboxylic acids is 1. The number of pyridine rings is 1. The van der Waals surface area contributed by atoms with Gasteiger partial charge in [-0.25, -0.2) is 9.97 Å². The van der Waals surface area contributed by atoms with Crippen molar-refractivity contribution in [3.63, 3.8) is 0 Å². The van der Waals surface area contributed by atoms with Crippen LogP contribution >= 0.6 is 46.0 Å². The number of hydrogen-bond acceptors (Lipinski definition) is 9. The van der Waals surface area contributed by atoms with Gasteiger partial charge in [0.2, 0.25) is 5.91 Å². The van der Waals surface area contributed by atoms with Gasteiger partial charge in [-0.1, -0.05) is 47.6 Å². The summed E-state index contributed by atoms with van der Waals surface area (Å²) in [5.74, 6) is -0.291. The summed E-state index contributed by atoms with van der Waals surface area (Å²) in [5.41, 5.74) is 8.28. The van der Waals surface area contributed by atoms with Crippen LogP contribution in [0.1, 0.15) is 18.1 Å². The maximum Gasteiger partial charge on any atom is 0.239 e. The Morgan fingerprint density at radius 1 is 1.15 bits per heavy atom. The second kappa shape index (κ2) is 10.2. The summed E-state index contributed by atoms with van der Waals surface area (Å²) in [6, 6.07) is 15.2. The summed E-state index contributed by atoms with van der Waals surface area (Å²) in [6.07, 6.45) is 0. The Bertz CT molecular complexity index is 1450. The highest BCUT2D eigenvalue weighted by molar-refractivity contribution is 8.00. The third-order valence-electron chi connectivity index (χ3n) is 4.72. The molecule has 0 spiro atoms. The Labute approximate surface area is 212 Å². The van der Waals surface area contributed by atoms with Gasteiger partial charge in [0.15, 0.2) is 5.13 Å². The number of thiophene rings is 1. The third-order valence-corrected chi connectivity index (χ3v) is 7.79. The smallest absolute Gasteiger partial charge is 0.239 e. The van der Waals surface area contributed by atoms with E-state index in [9.17, 15) is 15.3 Å². The second-order valence-corrected chi connectivity index (χ2v) is 10.4. The minimum Gasteiger partial charge on any atom is -0.383 e. The molecule has 1 aromatic carbocycles. The highest BCUT2D eigenvalue weighted by Gasteiger charge is 2.25. The molecule has 1 atom stereocenters. The highest BCUT2D eigenvalue weighted by atomic mass is 35.5. The van der Waals surface area contributed by atoms with Gasteiger partial charge in [0.05, 0.1) is 16.5 Å². The lowest BCUT2D eigenvalue weighted by Gasteiger charge is -2.14. The first-order valence-corrected chi connectivity index (χ1v) is 12.8. The summed E-state index contributed by atoms with van der Waals surface area (Å²) >= 11 is 10.0. The van der Waals surface area contributed by atoms with Crippen LogP contribution < -0.4 is 11.1 Å². The number of amides is 1. The van der Waals surface area contributed by atoms with Gasteiger partial charge in [-0.05, 0) is 24.4 Å². The molecule has 0 aliphatic heterocycles. The van der Waals surface area contributed by atoms with Crippen molar-refractivity contribution in [1.82, 2.24) is 9.97 Å². The van der Waals surface area contributed by atoms with Gasteiger partial charge in [0, 0.05) is 26.4 Å². The SMILES string of the molecule is CC(Sc1nc(N)c(C#N)c(-c2cccs2)c1C#N)C(=O)Nc1nc(-c2ccccc2Cl)cs1. The zero-order valence-electron chi connectivity index (χ0n) is 17.6. The van der Waals surface area contributed by atoms with Crippen molar-refractivity contribution < 1.29 is 4.79 Å². The average Bonchev–Trinajstić information content (AvgIpc) is 3.51. The summed E-state index contributed by atoms with van der Waals surface area (Å²) in [6.45, 7) is 1.70. The van der Waals surface area contributed by atoms with E-state index in [2.05, 4.69) is 21.4 Å². The van der Waals surface area contributed by atoms with Crippen molar-refractivity contribution in [2.45, 2.75) is 17.2 Å². The predicted octanol–water partition coefficient (Wildman–Crippen LogP) is 6.03. The van der Waals surface area contributed by atoms with Crippen molar-refractivity contribution in [2.75, 3.05) is 11.1 Å². The van der Waals surface area contributed by atoms with E-state index < -0.39 is 5.25 Å². The summed E-state index contributed by atoms with van der Waals surface area (Å²) in [7, 11) is 0. The Morgan fingerprint density at radius 3 is 2.59 bits per heavy atom. The van der Waals surface area contributed by atoms with E-state index in [1.165, 1.54) is 22.7 Å². The molecule has 0 aliphatic carbocycles. The Morgan fingerprint density at radius 2 is 1.91 bits per heavy atom.